The highest BCUT2D eigenvalue weighted by atomic mass is 16.5. The fraction of sp³-hybridized carbons (Fsp3) is 0.391. The molecule has 7 nitrogen and oxygen atoms in total. The third kappa shape index (κ3) is 5.51. The normalized spacial score (nSPS) is 12.0. The Bertz CT molecular complexity index is 953. The van der Waals surface area contributed by atoms with Crippen LogP contribution in [0.25, 0.3) is 11.0 Å². The molecule has 1 aromatic heterocycles. The number of para-hydroxylation sites is 2. The van der Waals surface area contributed by atoms with Gasteiger partial charge in [-0.2, -0.15) is 0 Å². The van der Waals surface area contributed by atoms with Crippen LogP contribution >= 0.6 is 0 Å². The molecule has 3 rings (SSSR count). The quantitative estimate of drug-likeness (QED) is 0.487. The molecule has 0 aliphatic rings. The number of nitrogens with zero attached hydrogens (tertiary/aromatic N) is 2. The monoisotopic (exact) mass is 411 g/mol. The summed E-state index contributed by atoms with van der Waals surface area (Å²) >= 11 is 0. The van der Waals surface area contributed by atoms with Gasteiger partial charge < -0.3 is 24.1 Å². The van der Waals surface area contributed by atoms with Crippen molar-refractivity contribution in [3.05, 3.63) is 54.4 Å². The summed E-state index contributed by atoms with van der Waals surface area (Å²) in [6, 6.07) is 15.4. The number of imidazole rings is 1. The van der Waals surface area contributed by atoms with Crippen LogP contribution in [0, 0.1) is 0 Å². The number of fused-ring (bicyclic) bond motifs is 1. The summed E-state index contributed by atoms with van der Waals surface area (Å²) in [5.74, 6) is 2.33. The number of aromatic nitrogens is 2. The number of hydrogen-bond acceptors (Lipinski definition) is 5. The number of amides is 1. The second-order valence-electron chi connectivity index (χ2n) is 7.06. The van der Waals surface area contributed by atoms with E-state index in [1.54, 1.807) is 7.11 Å². The van der Waals surface area contributed by atoms with Crippen LogP contribution < -0.4 is 14.8 Å². The average Bonchev–Trinajstić information content (AvgIpc) is 3.13. The lowest BCUT2D eigenvalue weighted by Gasteiger charge is -2.16. The number of benzene rings is 2. The molecule has 0 aliphatic heterocycles. The molecular formula is C23H29N3O4. The largest absolute Gasteiger partial charge is 0.497 e. The lowest BCUT2D eigenvalue weighted by atomic mass is 10.2. The molecule has 0 aliphatic carbocycles. The standard InChI is InChI=1S/C23H29N3O4/c1-17(24-22(27)16-28-2)23-25-20-8-4-5-9-21(20)26(23)14-6-7-15-30-19-12-10-18(29-3)11-13-19/h4-5,8-13,17H,6-7,14-16H2,1-3H3,(H,24,27). The fourth-order valence-corrected chi connectivity index (χ4v) is 3.37. The first-order valence-corrected chi connectivity index (χ1v) is 10.1. The Hall–Kier alpha value is -3.06. The molecule has 1 unspecified atom stereocenters. The number of hydrogen-bond donors (Lipinski definition) is 1. The Kier molecular flexibility index (Phi) is 7.68. The van der Waals surface area contributed by atoms with Crippen LogP contribution in [0.2, 0.25) is 0 Å². The van der Waals surface area contributed by atoms with Crippen LogP contribution in [0.4, 0.5) is 0 Å². The first kappa shape index (κ1) is 21.6. The van der Waals surface area contributed by atoms with Gasteiger partial charge in [0.05, 0.1) is 30.8 Å². The van der Waals surface area contributed by atoms with E-state index in [9.17, 15) is 4.79 Å². The number of carbonyl (C=O) groups excluding carboxylic acids is 1. The number of methoxy groups -OCH3 is 2. The van der Waals surface area contributed by atoms with Gasteiger partial charge in [-0.3, -0.25) is 4.79 Å². The maximum absolute atomic E-state index is 11.9. The average molecular weight is 412 g/mol. The number of unbranched alkanes of at least 4 members (excludes halogenated alkanes) is 1. The summed E-state index contributed by atoms with van der Waals surface area (Å²) in [6.45, 7) is 3.41. The smallest absolute Gasteiger partial charge is 0.246 e. The number of ether oxygens (including phenoxy) is 3. The summed E-state index contributed by atoms with van der Waals surface area (Å²) in [7, 11) is 3.15. The minimum absolute atomic E-state index is 0.0350. The number of rotatable bonds is 11. The molecule has 7 heteroatoms. The van der Waals surface area contributed by atoms with Crippen LogP contribution in [-0.2, 0) is 16.1 Å². The van der Waals surface area contributed by atoms with Crippen LogP contribution in [0.15, 0.2) is 48.5 Å². The third-order valence-corrected chi connectivity index (χ3v) is 4.83. The van der Waals surface area contributed by atoms with Gasteiger partial charge in [-0.15, -0.1) is 0 Å². The number of carbonyl (C=O) groups is 1. The molecule has 0 bridgehead atoms. The predicted molar refractivity (Wildman–Crippen MR) is 116 cm³/mol. The summed E-state index contributed by atoms with van der Waals surface area (Å²) in [5, 5.41) is 2.95. The van der Waals surface area contributed by atoms with Gasteiger partial charge >= 0.3 is 0 Å². The van der Waals surface area contributed by atoms with Crippen molar-refractivity contribution in [1.82, 2.24) is 14.9 Å². The van der Waals surface area contributed by atoms with Crippen molar-refractivity contribution in [2.45, 2.75) is 32.4 Å². The molecule has 1 N–H and O–H groups in total. The van der Waals surface area contributed by atoms with Gasteiger partial charge in [-0.25, -0.2) is 4.98 Å². The molecule has 160 valence electrons. The van der Waals surface area contributed by atoms with E-state index in [0.29, 0.717) is 6.61 Å². The van der Waals surface area contributed by atoms with Gasteiger partial charge in [0.15, 0.2) is 0 Å². The lowest BCUT2D eigenvalue weighted by Crippen LogP contribution is -2.31. The molecule has 1 heterocycles. The maximum atomic E-state index is 11.9. The minimum atomic E-state index is -0.212. The van der Waals surface area contributed by atoms with E-state index < -0.39 is 0 Å². The highest BCUT2D eigenvalue weighted by molar-refractivity contribution is 5.78. The van der Waals surface area contributed by atoms with E-state index >= 15 is 0 Å². The Labute approximate surface area is 177 Å². The number of nitrogens with one attached hydrogen (secondary N) is 1. The van der Waals surface area contributed by atoms with E-state index in [-0.39, 0.29) is 18.6 Å². The summed E-state index contributed by atoms with van der Waals surface area (Å²) < 4.78 is 18.1. The molecule has 2 aromatic carbocycles. The number of aryl methyl sites for hydroxylation is 1. The minimum Gasteiger partial charge on any atom is -0.497 e. The molecule has 0 saturated carbocycles. The zero-order valence-electron chi connectivity index (χ0n) is 17.8. The highest BCUT2D eigenvalue weighted by Crippen LogP contribution is 2.22. The van der Waals surface area contributed by atoms with Crippen molar-refractivity contribution in [1.29, 1.82) is 0 Å². The van der Waals surface area contributed by atoms with E-state index in [4.69, 9.17) is 19.2 Å². The zero-order valence-corrected chi connectivity index (χ0v) is 17.8. The fourth-order valence-electron chi connectivity index (χ4n) is 3.37. The first-order chi connectivity index (χ1) is 14.6. The molecule has 0 spiro atoms. The van der Waals surface area contributed by atoms with Gasteiger partial charge in [-0.1, -0.05) is 12.1 Å². The zero-order chi connectivity index (χ0) is 21.3. The Morgan fingerprint density at radius 2 is 1.80 bits per heavy atom. The van der Waals surface area contributed by atoms with Crippen molar-refractivity contribution in [2.24, 2.45) is 0 Å². The second kappa shape index (κ2) is 10.6. The predicted octanol–water partition coefficient (Wildman–Crippen LogP) is 3.73. The van der Waals surface area contributed by atoms with Crippen molar-refractivity contribution in [3.63, 3.8) is 0 Å². The maximum Gasteiger partial charge on any atom is 0.246 e. The lowest BCUT2D eigenvalue weighted by molar-refractivity contribution is -0.125. The third-order valence-electron chi connectivity index (χ3n) is 4.83. The molecule has 1 atom stereocenters. The Balaban J connectivity index is 1.60. The van der Waals surface area contributed by atoms with E-state index in [2.05, 4.69) is 16.0 Å². The molecule has 0 radical (unpaired) electrons. The van der Waals surface area contributed by atoms with Crippen molar-refractivity contribution in [3.8, 4) is 11.5 Å². The summed E-state index contributed by atoms with van der Waals surface area (Å²) in [5.41, 5.74) is 1.99. The van der Waals surface area contributed by atoms with Crippen molar-refractivity contribution < 1.29 is 19.0 Å². The van der Waals surface area contributed by atoms with Gasteiger partial charge in [0, 0.05) is 13.7 Å². The van der Waals surface area contributed by atoms with Gasteiger partial charge in [0.25, 0.3) is 0 Å². The van der Waals surface area contributed by atoms with E-state index in [1.807, 2.05) is 49.4 Å². The van der Waals surface area contributed by atoms with Crippen molar-refractivity contribution >= 4 is 16.9 Å². The summed E-state index contributed by atoms with van der Waals surface area (Å²) in [6.07, 6.45) is 1.84. The van der Waals surface area contributed by atoms with Crippen LogP contribution in [0.1, 0.15) is 31.6 Å². The molecule has 30 heavy (non-hydrogen) atoms. The van der Waals surface area contributed by atoms with Gasteiger partial charge in [0.2, 0.25) is 5.91 Å². The van der Waals surface area contributed by atoms with Crippen LogP contribution in [0.3, 0.4) is 0 Å². The van der Waals surface area contributed by atoms with E-state index in [1.165, 1.54) is 7.11 Å². The molecule has 0 fully saturated rings. The SMILES string of the molecule is COCC(=O)NC(C)c1nc2ccccc2n1CCCCOc1ccc(OC)cc1. The molecule has 1 amide bonds. The second-order valence-corrected chi connectivity index (χ2v) is 7.06. The van der Waals surface area contributed by atoms with Crippen LogP contribution in [-0.4, -0.2) is 42.9 Å². The van der Waals surface area contributed by atoms with Gasteiger partial charge in [0.1, 0.15) is 23.9 Å². The summed E-state index contributed by atoms with van der Waals surface area (Å²) in [4.78, 5) is 16.7. The molecule has 0 saturated heterocycles. The molecular weight excluding hydrogens is 382 g/mol. The highest BCUT2D eigenvalue weighted by Gasteiger charge is 2.18. The van der Waals surface area contributed by atoms with E-state index in [0.717, 1.165) is 47.7 Å². The topological polar surface area (TPSA) is 74.6 Å². The van der Waals surface area contributed by atoms with Gasteiger partial charge in [-0.05, 0) is 56.2 Å². The molecule has 3 aromatic rings. The Morgan fingerprint density at radius 1 is 1.07 bits per heavy atom. The Morgan fingerprint density at radius 3 is 2.53 bits per heavy atom. The van der Waals surface area contributed by atoms with Crippen LogP contribution in [0.5, 0.6) is 11.5 Å². The van der Waals surface area contributed by atoms with Crippen molar-refractivity contribution in [2.75, 3.05) is 27.4 Å². The first-order valence-electron chi connectivity index (χ1n) is 10.1.